The molecule has 160 valence electrons. The van der Waals surface area contributed by atoms with E-state index in [4.69, 9.17) is 11.6 Å². The Labute approximate surface area is 181 Å². The summed E-state index contributed by atoms with van der Waals surface area (Å²) in [5.41, 5.74) is 2.95. The summed E-state index contributed by atoms with van der Waals surface area (Å²) in [6, 6.07) is 10.3. The third-order valence-corrected chi connectivity index (χ3v) is 7.23. The summed E-state index contributed by atoms with van der Waals surface area (Å²) in [6.07, 6.45) is 0.682. The van der Waals surface area contributed by atoms with Crippen LogP contribution in [0.5, 0.6) is 0 Å². The Hall–Kier alpha value is -2.42. The third-order valence-electron chi connectivity index (χ3n) is 5.01. The molecule has 0 radical (unpaired) electrons. The average Bonchev–Trinajstić information content (AvgIpc) is 3.06. The molecular formula is C21H25ClN4O3S. The number of benzene rings is 2. The number of hydrogen-bond acceptors (Lipinski definition) is 4. The highest BCUT2D eigenvalue weighted by atomic mass is 35.5. The summed E-state index contributed by atoms with van der Waals surface area (Å²) in [5.74, 6) is 0.607. The van der Waals surface area contributed by atoms with Crippen molar-refractivity contribution < 1.29 is 13.2 Å². The molecular weight excluding hydrogens is 424 g/mol. The summed E-state index contributed by atoms with van der Waals surface area (Å²) >= 11 is 6.11. The van der Waals surface area contributed by atoms with Crippen LogP contribution < -0.4 is 5.32 Å². The zero-order valence-electron chi connectivity index (χ0n) is 17.4. The number of halogens is 1. The van der Waals surface area contributed by atoms with Crippen LogP contribution in [0.4, 0.5) is 5.69 Å². The molecule has 1 N–H and O–H groups in total. The summed E-state index contributed by atoms with van der Waals surface area (Å²) in [6.45, 7) is 4.51. The Bertz CT molecular complexity index is 1200. The van der Waals surface area contributed by atoms with Gasteiger partial charge in [-0.1, -0.05) is 17.7 Å². The van der Waals surface area contributed by atoms with Gasteiger partial charge < -0.3 is 9.88 Å². The lowest BCUT2D eigenvalue weighted by molar-refractivity contribution is -0.116. The largest absolute Gasteiger partial charge is 0.328 e. The molecule has 0 fully saturated rings. The molecule has 1 amide bonds. The fourth-order valence-corrected chi connectivity index (χ4v) is 4.35. The van der Waals surface area contributed by atoms with E-state index >= 15 is 0 Å². The molecule has 9 heteroatoms. The Morgan fingerprint density at radius 3 is 2.63 bits per heavy atom. The molecule has 0 aliphatic carbocycles. The van der Waals surface area contributed by atoms with Crippen LogP contribution in [0.2, 0.25) is 5.02 Å². The van der Waals surface area contributed by atoms with Gasteiger partial charge in [-0.05, 0) is 49.7 Å². The van der Waals surface area contributed by atoms with Gasteiger partial charge >= 0.3 is 0 Å². The minimum atomic E-state index is -3.54. The number of nitrogens with zero attached hydrogens (tertiary/aromatic N) is 3. The molecule has 0 aliphatic rings. The average molecular weight is 449 g/mol. The standard InChI is InChI=1S/C21H25ClN4O3S/c1-5-26-19-10-9-15(30(28,29)25(3)4)13-18(19)23-20(26)11-12-21(27)24-17-8-6-7-16(22)14(17)2/h6-10,13H,5,11-12H2,1-4H3,(H,24,27). The molecule has 0 unspecified atom stereocenters. The Morgan fingerprint density at radius 2 is 1.97 bits per heavy atom. The number of aromatic nitrogens is 2. The van der Waals surface area contributed by atoms with Gasteiger partial charge in [-0.15, -0.1) is 0 Å². The van der Waals surface area contributed by atoms with E-state index in [1.165, 1.54) is 18.4 Å². The zero-order chi connectivity index (χ0) is 22.1. The number of aryl methyl sites for hydroxylation is 2. The predicted molar refractivity (Wildman–Crippen MR) is 119 cm³/mol. The van der Waals surface area contributed by atoms with E-state index < -0.39 is 10.0 Å². The van der Waals surface area contributed by atoms with Crippen molar-refractivity contribution >= 4 is 44.3 Å². The van der Waals surface area contributed by atoms with Crippen molar-refractivity contribution in [2.45, 2.75) is 38.1 Å². The van der Waals surface area contributed by atoms with E-state index in [1.807, 2.05) is 24.5 Å². The maximum absolute atomic E-state index is 12.4. The highest BCUT2D eigenvalue weighted by Gasteiger charge is 2.20. The smallest absolute Gasteiger partial charge is 0.242 e. The van der Waals surface area contributed by atoms with E-state index in [2.05, 4.69) is 10.3 Å². The number of rotatable bonds is 7. The number of fused-ring (bicyclic) bond motifs is 1. The highest BCUT2D eigenvalue weighted by Crippen LogP contribution is 2.24. The van der Waals surface area contributed by atoms with Crippen molar-refractivity contribution in [3.8, 4) is 0 Å². The second-order valence-corrected chi connectivity index (χ2v) is 9.73. The summed E-state index contributed by atoms with van der Waals surface area (Å²) in [4.78, 5) is 17.3. The van der Waals surface area contributed by atoms with Gasteiger partial charge in [0.2, 0.25) is 15.9 Å². The minimum Gasteiger partial charge on any atom is -0.328 e. The van der Waals surface area contributed by atoms with Gasteiger partial charge in [-0.3, -0.25) is 4.79 Å². The second kappa shape index (κ2) is 8.75. The lowest BCUT2D eigenvalue weighted by Crippen LogP contribution is -2.22. The van der Waals surface area contributed by atoms with Gasteiger partial charge in [-0.2, -0.15) is 0 Å². The van der Waals surface area contributed by atoms with E-state index in [0.29, 0.717) is 29.2 Å². The van der Waals surface area contributed by atoms with Crippen molar-refractivity contribution in [3.05, 3.63) is 52.8 Å². The maximum Gasteiger partial charge on any atom is 0.242 e. The van der Waals surface area contributed by atoms with Crippen molar-refractivity contribution in [2.24, 2.45) is 0 Å². The fourth-order valence-electron chi connectivity index (χ4n) is 3.26. The van der Waals surface area contributed by atoms with Gasteiger partial charge in [0.1, 0.15) is 5.82 Å². The molecule has 3 rings (SSSR count). The first-order valence-electron chi connectivity index (χ1n) is 9.61. The van der Waals surface area contributed by atoms with Crippen molar-refractivity contribution in [3.63, 3.8) is 0 Å². The van der Waals surface area contributed by atoms with E-state index in [9.17, 15) is 13.2 Å². The van der Waals surface area contributed by atoms with Crippen LogP contribution in [0.15, 0.2) is 41.3 Å². The number of anilines is 1. The number of carbonyl (C=O) groups excluding carboxylic acids is 1. The van der Waals surface area contributed by atoms with Gasteiger partial charge in [0.25, 0.3) is 0 Å². The normalized spacial score (nSPS) is 11.9. The maximum atomic E-state index is 12.4. The quantitative estimate of drug-likeness (QED) is 0.595. The molecule has 2 aromatic carbocycles. The van der Waals surface area contributed by atoms with Crippen molar-refractivity contribution in [1.29, 1.82) is 0 Å². The topological polar surface area (TPSA) is 84.3 Å². The summed E-state index contributed by atoms with van der Waals surface area (Å²) in [5, 5.41) is 3.49. The van der Waals surface area contributed by atoms with Crippen LogP contribution in [-0.4, -0.2) is 42.3 Å². The molecule has 30 heavy (non-hydrogen) atoms. The molecule has 3 aromatic rings. The lowest BCUT2D eigenvalue weighted by Gasteiger charge is -2.11. The number of imidazole rings is 1. The Morgan fingerprint density at radius 1 is 1.23 bits per heavy atom. The van der Waals surface area contributed by atoms with Gasteiger partial charge in [-0.25, -0.2) is 17.7 Å². The number of carbonyl (C=O) groups is 1. The molecule has 7 nitrogen and oxygen atoms in total. The Balaban J connectivity index is 1.82. The molecule has 1 heterocycles. The molecule has 0 atom stereocenters. The van der Waals surface area contributed by atoms with Crippen LogP contribution in [0.3, 0.4) is 0 Å². The third kappa shape index (κ3) is 4.35. The number of nitrogens with one attached hydrogen (secondary N) is 1. The van der Waals surface area contributed by atoms with Crippen LogP contribution >= 0.6 is 11.6 Å². The molecule has 0 saturated heterocycles. The molecule has 1 aromatic heterocycles. The fraction of sp³-hybridized carbons (Fsp3) is 0.333. The van der Waals surface area contributed by atoms with Gasteiger partial charge in [0, 0.05) is 44.2 Å². The second-order valence-electron chi connectivity index (χ2n) is 7.17. The van der Waals surface area contributed by atoms with E-state index in [-0.39, 0.29) is 17.2 Å². The van der Waals surface area contributed by atoms with E-state index in [0.717, 1.165) is 16.9 Å². The zero-order valence-corrected chi connectivity index (χ0v) is 19.0. The summed E-state index contributed by atoms with van der Waals surface area (Å²) in [7, 11) is -0.546. The number of amides is 1. The molecule has 0 aliphatic heterocycles. The number of sulfonamides is 1. The van der Waals surface area contributed by atoms with Crippen LogP contribution in [0, 0.1) is 6.92 Å². The first-order valence-corrected chi connectivity index (χ1v) is 11.4. The van der Waals surface area contributed by atoms with Crippen LogP contribution in [0.25, 0.3) is 11.0 Å². The highest BCUT2D eigenvalue weighted by molar-refractivity contribution is 7.89. The first-order chi connectivity index (χ1) is 14.1. The first kappa shape index (κ1) is 22.3. The summed E-state index contributed by atoms with van der Waals surface area (Å²) < 4.78 is 28.0. The number of hydrogen-bond donors (Lipinski definition) is 1. The lowest BCUT2D eigenvalue weighted by atomic mass is 10.2. The monoisotopic (exact) mass is 448 g/mol. The van der Waals surface area contributed by atoms with Crippen molar-refractivity contribution in [2.75, 3.05) is 19.4 Å². The minimum absolute atomic E-state index is 0.133. The molecule has 0 bridgehead atoms. The van der Waals surface area contributed by atoms with Gasteiger partial charge in [0.05, 0.1) is 15.9 Å². The Kier molecular flexibility index (Phi) is 6.50. The van der Waals surface area contributed by atoms with Crippen LogP contribution in [-0.2, 0) is 27.8 Å². The molecule has 0 spiro atoms. The SMILES string of the molecule is CCn1c(CCC(=O)Nc2cccc(Cl)c2C)nc2cc(S(=O)(=O)N(C)C)ccc21. The van der Waals surface area contributed by atoms with Crippen LogP contribution in [0.1, 0.15) is 24.7 Å². The van der Waals surface area contributed by atoms with E-state index in [1.54, 1.807) is 30.3 Å². The molecule has 0 saturated carbocycles. The van der Waals surface area contributed by atoms with Crippen molar-refractivity contribution in [1.82, 2.24) is 13.9 Å². The van der Waals surface area contributed by atoms with Gasteiger partial charge in [0.15, 0.2) is 0 Å². The predicted octanol–water partition coefficient (Wildman–Crippen LogP) is 3.84.